The molecule has 0 aliphatic heterocycles. The van der Waals surface area contributed by atoms with Crippen LogP contribution in [0.2, 0.25) is 0 Å². The molecule has 0 saturated heterocycles. The summed E-state index contributed by atoms with van der Waals surface area (Å²) in [7, 11) is 0. The molecule has 176 valence electrons. The molecule has 5 atom stereocenters. The first-order valence-corrected chi connectivity index (χ1v) is 13.4. The van der Waals surface area contributed by atoms with E-state index in [1.54, 1.807) is 0 Å². The Morgan fingerprint density at radius 2 is 1.33 bits per heavy atom. The van der Waals surface area contributed by atoms with Crippen molar-refractivity contribution >= 4 is 0 Å². The molecule has 0 heterocycles. The summed E-state index contributed by atoms with van der Waals surface area (Å²) in [4.78, 5) is 0. The van der Waals surface area contributed by atoms with Crippen molar-refractivity contribution in [3.63, 3.8) is 0 Å². The molecule has 0 spiro atoms. The van der Waals surface area contributed by atoms with Crippen LogP contribution in [0, 0.1) is 29.6 Å². The molecule has 3 heteroatoms. The Labute approximate surface area is 185 Å². The molecule has 5 unspecified atom stereocenters. The topological polar surface area (TPSA) is 9.23 Å². The summed E-state index contributed by atoms with van der Waals surface area (Å²) >= 11 is 0. The van der Waals surface area contributed by atoms with Crippen molar-refractivity contribution in [1.82, 2.24) is 0 Å². The lowest BCUT2D eigenvalue weighted by molar-refractivity contribution is -0.112. The zero-order valence-corrected chi connectivity index (χ0v) is 20.0. The smallest absolute Gasteiger partial charge is 0.157 e. The van der Waals surface area contributed by atoms with E-state index in [1.165, 1.54) is 57.8 Å². The fraction of sp³-hybridized carbons (Fsp3) is 1.00. The summed E-state index contributed by atoms with van der Waals surface area (Å²) in [5.74, 6) is 2.97. The molecule has 3 fully saturated rings. The van der Waals surface area contributed by atoms with Gasteiger partial charge in [0.25, 0.3) is 0 Å². The van der Waals surface area contributed by atoms with Gasteiger partial charge in [-0.25, -0.2) is 8.78 Å². The summed E-state index contributed by atoms with van der Waals surface area (Å²) in [6, 6.07) is 0. The van der Waals surface area contributed by atoms with Crippen molar-refractivity contribution in [3.8, 4) is 0 Å². The molecule has 0 N–H and O–H groups in total. The maximum absolute atomic E-state index is 15.1. The Morgan fingerprint density at radius 3 is 1.97 bits per heavy atom. The lowest BCUT2D eigenvalue weighted by Crippen LogP contribution is -2.46. The van der Waals surface area contributed by atoms with Gasteiger partial charge in [0.15, 0.2) is 6.17 Å². The van der Waals surface area contributed by atoms with E-state index in [-0.39, 0.29) is 12.0 Å². The van der Waals surface area contributed by atoms with Gasteiger partial charge >= 0.3 is 0 Å². The van der Waals surface area contributed by atoms with Gasteiger partial charge in [-0.2, -0.15) is 0 Å². The van der Waals surface area contributed by atoms with Crippen molar-refractivity contribution in [2.75, 3.05) is 0 Å². The lowest BCUT2D eigenvalue weighted by atomic mass is 9.65. The van der Waals surface area contributed by atoms with Crippen LogP contribution in [0.25, 0.3) is 0 Å². The first-order chi connectivity index (χ1) is 14.5. The van der Waals surface area contributed by atoms with E-state index < -0.39 is 18.4 Å². The minimum absolute atomic E-state index is 0.0440. The number of ether oxygens (including phenoxy) is 1. The molecular formula is C27H48F2O. The largest absolute Gasteiger partial charge is 0.372 e. The van der Waals surface area contributed by atoms with Gasteiger partial charge < -0.3 is 4.74 Å². The highest BCUT2D eigenvalue weighted by Gasteiger charge is 2.45. The van der Waals surface area contributed by atoms with Gasteiger partial charge in [-0.1, -0.05) is 52.4 Å². The maximum Gasteiger partial charge on any atom is 0.157 e. The monoisotopic (exact) mass is 426 g/mol. The molecule has 30 heavy (non-hydrogen) atoms. The van der Waals surface area contributed by atoms with E-state index in [1.807, 2.05) is 6.92 Å². The van der Waals surface area contributed by atoms with E-state index in [0.29, 0.717) is 12.3 Å². The SMILES string of the molecule is CCCCCCC(C)OC1CCC(C2CCC(C3CCC(C)CC3)CC2)C(F)C1F. The first-order valence-electron chi connectivity index (χ1n) is 13.4. The summed E-state index contributed by atoms with van der Waals surface area (Å²) in [6.07, 6.45) is 14.4. The predicted molar refractivity (Wildman–Crippen MR) is 122 cm³/mol. The Hall–Kier alpha value is -0.180. The quantitative estimate of drug-likeness (QED) is 0.336. The minimum Gasteiger partial charge on any atom is -0.372 e. The van der Waals surface area contributed by atoms with Gasteiger partial charge in [-0.05, 0) is 94.3 Å². The van der Waals surface area contributed by atoms with Crippen molar-refractivity contribution in [2.24, 2.45) is 29.6 Å². The first kappa shape index (κ1) is 24.5. The third-order valence-electron chi connectivity index (χ3n) is 8.87. The van der Waals surface area contributed by atoms with Gasteiger partial charge in [0.2, 0.25) is 0 Å². The van der Waals surface area contributed by atoms with E-state index in [2.05, 4.69) is 13.8 Å². The van der Waals surface area contributed by atoms with Crippen LogP contribution in [-0.2, 0) is 4.74 Å². The molecular weight excluding hydrogens is 378 g/mol. The molecule has 1 nitrogen and oxygen atoms in total. The van der Waals surface area contributed by atoms with Crippen molar-refractivity contribution < 1.29 is 13.5 Å². The third kappa shape index (κ3) is 6.66. The number of alkyl halides is 2. The van der Waals surface area contributed by atoms with Gasteiger partial charge in [-0.15, -0.1) is 0 Å². The standard InChI is InChI=1S/C27H48F2O/c1-4-5-6-7-8-20(3)30-25-18-17-24(26(28)27(25)29)23-15-13-22(14-16-23)21-11-9-19(2)10-12-21/h19-27H,4-18H2,1-3H3. The zero-order valence-electron chi connectivity index (χ0n) is 20.0. The van der Waals surface area contributed by atoms with Crippen LogP contribution in [0.1, 0.15) is 117 Å². The molecule has 3 saturated carbocycles. The zero-order chi connectivity index (χ0) is 21.5. The summed E-state index contributed by atoms with van der Waals surface area (Å²) in [6.45, 7) is 6.62. The number of halogens is 2. The Bertz CT molecular complexity index is 467. The Balaban J connectivity index is 1.40. The average Bonchev–Trinajstić information content (AvgIpc) is 2.75. The van der Waals surface area contributed by atoms with E-state index in [9.17, 15) is 4.39 Å². The van der Waals surface area contributed by atoms with Gasteiger partial charge in [0.05, 0.1) is 12.2 Å². The average molecular weight is 427 g/mol. The van der Waals surface area contributed by atoms with Crippen LogP contribution in [0.4, 0.5) is 8.78 Å². The fourth-order valence-corrected chi connectivity index (χ4v) is 6.78. The summed E-state index contributed by atoms with van der Waals surface area (Å²) in [5.41, 5.74) is 0. The van der Waals surface area contributed by atoms with E-state index in [4.69, 9.17) is 4.74 Å². The van der Waals surface area contributed by atoms with Gasteiger partial charge in [-0.3, -0.25) is 0 Å². The van der Waals surface area contributed by atoms with Crippen LogP contribution >= 0.6 is 0 Å². The molecule has 3 rings (SSSR count). The second-order valence-corrected chi connectivity index (χ2v) is 11.2. The molecule has 0 radical (unpaired) electrons. The second kappa shape index (κ2) is 12.2. The predicted octanol–water partition coefficient (Wildman–Crippen LogP) is 8.45. The number of hydrogen-bond acceptors (Lipinski definition) is 1. The highest BCUT2D eigenvalue weighted by atomic mass is 19.2. The molecule has 0 aromatic rings. The minimum atomic E-state index is -1.43. The van der Waals surface area contributed by atoms with Crippen LogP contribution in [0.3, 0.4) is 0 Å². The van der Waals surface area contributed by atoms with Crippen molar-refractivity contribution in [2.45, 2.75) is 142 Å². The fourth-order valence-electron chi connectivity index (χ4n) is 6.78. The number of hydrogen-bond donors (Lipinski definition) is 0. The second-order valence-electron chi connectivity index (χ2n) is 11.2. The molecule has 0 aromatic heterocycles. The van der Waals surface area contributed by atoms with Crippen LogP contribution in [0.5, 0.6) is 0 Å². The van der Waals surface area contributed by atoms with Gasteiger partial charge in [0, 0.05) is 0 Å². The van der Waals surface area contributed by atoms with Crippen molar-refractivity contribution in [1.29, 1.82) is 0 Å². The lowest BCUT2D eigenvalue weighted by Gasteiger charge is -2.43. The molecule has 0 amide bonds. The molecule has 0 aromatic carbocycles. The maximum atomic E-state index is 15.1. The molecule has 3 aliphatic rings. The van der Waals surface area contributed by atoms with E-state index >= 15 is 4.39 Å². The Kier molecular flexibility index (Phi) is 9.92. The normalized spacial score (nSPS) is 41.5. The summed E-state index contributed by atoms with van der Waals surface area (Å²) < 4.78 is 36.1. The van der Waals surface area contributed by atoms with Crippen LogP contribution in [-0.4, -0.2) is 24.6 Å². The Morgan fingerprint density at radius 1 is 0.733 bits per heavy atom. The highest BCUT2D eigenvalue weighted by Crippen LogP contribution is 2.46. The van der Waals surface area contributed by atoms with Gasteiger partial charge in [0.1, 0.15) is 6.17 Å². The van der Waals surface area contributed by atoms with Crippen LogP contribution in [0.15, 0.2) is 0 Å². The molecule has 0 bridgehead atoms. The van der Waals surface area contributed by atoms with Crippen LogP contribution < -0.4 is 0 Å². The number of unbranched alkanes of at least 4 members (excludes halogenated alkanes) is 3. The van der Waals surface area contributed by atoms with E-state index in [0.717, 1.165) is 49.9 Å². The highest BCUT2D eigenvalue weighted by molar-refractivity contribution is 4.94. The number of rotatable bonds is 9. The molecule has 3 aliphatic carbocycles. The van der Waals surface area contributed by atoms with Crippen molar-refractivity contribution in [3.05, 3.63) is 0 Å². The summed E-state index contributed by atoms with van der Waals surface area (Å²) in [5, 5.41) is 0. The third-order valence-corrected chi connectivity index (χ3v) is 8.87.